The number of aromatic nitrogens is 1. The Hall–Kier alpha value is -0.450. The number of thiazole rings is 1. The van der Waals surface area contributed by atoms with Crippen LogP contribution in [0.15, 0.2) is 6.20 Å². The SMILES string of the molecule is CC(CN)c1cnc(C2CCN(C(C)C)C2)s1. The highest BCUT2D eigenvalue weighted by molar-refractivity contribution is 7.11. The van der Waals surface area contributed by atoms with Crippen LogP contribution >= 0.6 is 11.3 Å². The van der Waals surface area contributed by atoms with Crippen LogP contribution in [0.3, 0.4) is 0 Å². The molecule has 1 aliphatic heterocycles. The lowest BCUT2D eigenvalue weighted by molar-refractivity contribution is 0.272. The summed E-state index contributed by atoms with van der Waals surface area (Å²) in [4.78, 5) is 8.48. The van der Waals surface area contributed by atoms with Gasteiger partial charge in [-0.3, -0.25) is 0 Å². The fraction of sp³-hybridized carbons (Fsp3) is 0.769. The molecule has 2 unspecified atom stereocenters. The first-order valence-electron chi connectivity index (χ1n) is 6.51. The molecule has 1 aromatic heterocycles. The highest BCUT2D eigenvalue weighted by Gasteiger charge is 2.27. The molecule has 0 radical (unpaired) electrons. The monoisotopic (exact) mass is 253 g/mol. The number of hydrogen-bond donors (Lipinski definition) is 1. The van der Waals surface area contributed by atoms with E-state index in [9.17, 15) is 0 Å². The number of rotatable bonds is 4. The molecule has 2 atom stereocenters. The third kappa shape index (κ3) is 2.87. The lowest BCUT2D eigenvalue weighted by Crippen LogP contribution is -2.27. The fourth-order valence-corrected chi connectivity index (χ4v) is 3.40. The van der Waals surface area contributed by atoms with E-state index in [-0.39, 0.29) is 0 Å². The molecule has 1 saturated heterocycles. The van der Waals surface area contributed by atoms with Gasteiger partial charge in [0.1, 0.15) is 0 Å². The van der Waals surface area contributed by atoms with E-state index in [1.807, 2.05) is 17.5 Å². The molecule has 0 aromatic carbocycles. The summed E-state index contributed by atoms with van der Waals surface area (Å²) in [6.07, 6.45) is 3.28. The van der Waals surface area contributed by atoms with Crippen molar-refractivity contribution in [3.63, 3.8) is 0 Å². The molecule has 96 valence electrons. The van der Waals surface area contributed by atoms with Gasteiger partial charge in [0.2, 0.25) is 0 Å². The molecule has 0 amide bonds. The van der Waals surface area contributed by atoms with Gasteiger partial charge in [-0.1, -0.05) is 6.92 Å². The van der Waals surface area contributed by atoms with Crippen molar-refractivity contribution < 1.29 is 0 Å². The molecule has 17 heavy (non-hydrogen) atoms. The first kappa shape index (κ1) is 13.0. The van der Waals surface area contributed by atoms with Gasteiger partial charge in [-0.05, 0) is 33.4 Å². The summed E-state index contributed by atoms with van der Waals surface area (Å²) in [6.45, 7) is 9.81. The van der Waals surface area contributed by atoms with Crippen LogP contribution in [0.5, 0.6) is 0 Å². The van der Waals surface area contributed by atoms with Gasteiger partial charge < -0.3 is 10.6 Å². The smallest absolute Gasteiger partial charge is 0.0971 e. The maximum atomic E-state index is 5.70. The first-order chi connectivity index (χ1) is 8.11. The topological polar surface area (TPSA) is 42.1 Å². The highest BCUT2D eigenvalue weighted by atomic mass is 32.1. The van der Waals surface area contributed by atoms with Gasteiger partial charge in [0.05, 0.1) is 5.01 Å². The zero-order valence-electron chi connectivity index (χ0n) is 11.0. The first-order valence-corrected chi connectivity index (χ1v) is 7.33. The normalized spacial score (nSPS) is 23.5. The number of hydrogen-bond acceptors (Lipinski definition) is 4. The lowest BCUT2D eigenvalue weighted by Gasteiger charge is -2.19. The van der Waals surface area contributed by atoms with E-state index in [2.05, 4.69) is 30.7 Å². The molecule has 2 heterocycles. The van der Waals surface area contributed by atoms with Crippen LogP contribution in [0.4, 0.5) is 0 Å². The maximum absolute atomic E-state index is 5.70. The molecule has 0 bridgehead atoms. The minimum absolute atomic E-state index is 0.448. The molecule has 0 aliphatic carbocycles. The predicted molar refractivity (Wildman–Crippen MR) is 73.7 cm³/mol. The van der Waals surface area contributed by atoms with E-state index in [4.69, 9.17) is 5.73 Å². The highest BCUT2D eigenvalue weighted by Crippen LogP contribution is 2.33. The molecule has 1 aromatic rings. The van der Waals surface area contributed by atoms with Crippen LogP contribution in [0.1, 0.15) is 48.9 Å². The molecule has 1 fully saturated rings. The van der Waals surface area contributed by atoms with Crippen molar-refractivity contribution in [2.24, 2.45) is 5.73 Å². The molecule has 2 rings (SSSR count). The second-order valence-electron chi connectivity index (χ2n) is 5.31. The standard InChI is InChI=1S/C13H23N3S/c1-9(2)16-5-4-11(8-16)13-15-7-12(17-13)10(3)6-14/h7,9-11H,4-6,8,14H2,1-3H3. The van der Waals surface area contributed by atoms with E-state index < -0.39 is 0 Å². The molecule has 4 heteroatoms. The predicted octanol–water partition coefficient (Wildman–Crippen LogP) is 2.40. The van der Waals surface area contributed by atoms with Gasteiger partial charge in [0, 0.05) is 35.5 Å². The van der Waals surface area contributed by atoms with Crippen molar-refractivity contribution in [1.29, 1.82) is 0 Å². The second kappa shape index (κ2) is 5.46. The molecule has 0 saturated carbocycles. The van der Waals surface area contributed by atoms with E-state index in [0.717, 1.165) is 0 Å². The van der Waals surface area contributed by atoms with Crippen LogP contribution in [0.25, 0.3) is 0 Å². The van der Waals surface area contributed by atoms with Crippen molar-refractivity contribution >= 4 is 11.3 Å². The quantitative estimate of drug-likeness (QED) is 0.896. The van der Waals surface area contributed by atoms with Crippen molar-refractivity contribution in [3.8, 4) is 0 Å². The Kier molecular flexibility index (Phi) is 4.17. The zero-order valence-corrected chi connectivity index (χ0v) is 11.8. The van der Waals surface area contributed by atoms with Gasteiger partial charge in [0.25, 0.3) is 0 Å². The minimum atomic E-state index is 0.448. The van der Waals surface area contributed by atoms with Crippen molar-refractivity contribution in [3.05, 3.63) is 16.1 Å². The summed E-state index contributed by atoms with van der Waals surface area (Å²) in [6, 6.07) is 0.655. The van der Waals surface area contributed by atoms with Crippen LogP contribution < -0.4 is 5.73 Å². The van der Waals surface area contributed by atoms with Crippen molar-refractivity contribution in [2.75, 3.05) is 19.6 Å². The number of nitrogens with zero attached hydrogens (tertiary/aromatic N) is 2. The number of nitrogens with two attached hydrogens (primary N) is 1. The van der Waals surface area contributed by atoms with Crippen LogP contribution in [-0.2, 0) is 0 Å². The molecule has 0 spiro atoms. The molecular weight excluding hydrogens is 230 g/mol. The Bertz CT molecular complexity index is 361. The Morgan fingerprint density at radius 1 is 1.53 bits per heavy atom. The van der Waals surface area contributed by atoms with Gasteiger partial charge >= 0.3 is 0 Å². The molecular formula is C13H23N3S. The van der Waals surface area contributed by atoms with E-state index in [1.54, 1.807) is 0 Å². The van der Waals surface area contributed by atoms with Gasteiger partial charge in [-0.15, -0.1) is 11.3 Å². The Morgan fingerprint density at radius 2 is 2.29 bits per heavy atom. The van der Waals surface area contributed by atoms with Gasteiger partial charge in [-0.2, -0.15) is 0 Å². The largest absolute Gasteiger partial charge is 0.330 e. The summed E-state index contributed by atoms with van der Waals surface area (Å²) in [5, 5.41) is 1.31. The Balaban J connectivity index is 2.02. The average molecular weight is 253 g/mol. The van der Waals surface area contributed by atoms with Crippen molar-refractivity contribution in [1.82, 2.24) is 9.88 Å². The zero-order chi connectivity index (χ0) is 12.4. The second-order valence-corrected chi connectivity index (χ2v) is 6.41. The molecule has 2 N–H and O–H groups in total. The van der Waals surface area contributed by atoms with Gasteiger partial charge in [-0.25, -0.2) is 4.98 Å². The minimum Gasteiger partial charge on any atom is -0.330 e. The van der Waals surface area contributed by atoms with E-state index in [1.165, 1.54) is 29.4 Å². The number of likely N-dealkylation sites (tertiary alicyclic amines) is 1. The summed E-state index contributed by atoms with van der Waals surface area (Å²) in [5.41, 5.74) is 5.70. The average Bonchev–Trinajstić information content (AvgIpc) is 2.95. The lowest BCUT2D eigenvalue weighted by atomic mass is 10.1. The molecule has 1 aliphatic rings. The van der Waals surface area contributed by atoms with Crippen LogP contribution in [0, 0.1) is 0 Å². The summed E-state index contributed by atoms with van der Waals surface area (Å²) in [7, 11) is 0. The van der Waals surface area contributed by atoms with Crippen molar-refractivity contribution in [2.45, 2.75) is 45.1 Å². The maximum Gasteiger partial charge on any atom is 0.0971 e. The summed E-state index contributed by atoms with van der Waals surface area (Å²) in [5.74, 6) is 1.09. The Morgan fingerprint density at radius 3 is 2.88 bits per heavy atom. The fourth-order valence-electron chi connectivity index (χ4n) is 2.29. The third-order valence-electron chi connectivity index (χ3n) is 3.68. The van der Waals surface area contributed by atoms with E-state index >= 15 is 0 Å². The van der Waals surface area contributed by atoms with Crippen LogP contribution in [0.2, 0.25) is 0 Å². The third-order valence-corrected chi connectivity index (χ3v) is 5.07. The summed E-state index contributed by atoms with van der Waals surface area (Å²) >= 11 is 1.86. The van der Waals surface area contributed by atoms with Gasteiger partial charge in [0.15, 0.2) is 0 Å². The van der Waals surface area contributed by atoms with Crippen LogP contribution in [-0.4, -0.2) is 35.6 Å². The summed E-state index contributed by atoms with van der Waals surface area (Å²) < 4.78 is 0. The Labute approximate surface area is 108 Å². The van der Waals surface area contributed by atoms with E-state index in [0.29, 0.717) is 24.4 Å². The molecule has 3 nitrogen and oxygen atoms in total.